The Balaban J connectivity index is 0. The van der Waals surface area contributed by atoms with Crippen molar-refractivity contribution < 1.29 is 39.8 Å². The minimum atomic E-state index is -0.449. The average Bonchev–Trinajstić information content (AvgIpc) is 2.51. The molecule has 0 saturated heterocycles. The Morgan fingerprint density at radius 3 is 1.61 bits per heavy atom. The summed E-state index contributed by atoms with van der Waals surface area (Å²) in [6, 6.07) is 5.53. The summed E-state index contributed by atoms with van der Waals surface area (Å²) in [5, 5.41) is 22.4. The zero-order valence-corrected chi connectivity index (χ0v) is 18.7. The van der Waals surface area contributed by atoms with Gasteiger partial charge in [-0.25, -0.2) is 0 Å². The molecule has 2 nitrogen and oxygen atoms in total. The van der Waals surface area contributed by atoms with Crippen molar-refractivity contribution in [2.45, 2.75) is 27.7 Å². The summed E-state index contributed by atoms with van der Waals surface area (Å²) in [6.07, 6.45) is 0. The molecular weight excluding hydrogens is 389 g/mol. The first-order valence-electron chi connectivity index (χ1n) is 6.74. The summed E-state index contributed by atoms with van der Waals surface area (Å²) in [7, 11) is 0. The largest absolute Gasteiger partial charge is 1.00 e. The van der Waals surface area contributed by atoms with Crippen LogP contribution in [0.1, 0.15) is 27.7 Å². The molecule has 0 amide bonds. The van der Waals surface area contributed by atoms with E-state index >= 15 is 0 Å². The van der Waals surface area contributed by atoms with E-state index in [2.05, 4.69) is 0 Å². The van der Waals surface area contributed by atoms with Crippen LogP contribution >= 0.6 is 46.4 Å². The number of rotatable bonds is 1. The van der Waals surface area contributed by atoms with Crippen LogP contribution in [-0.2, 0) is 0 Å². The normalized spacial score (nSPS) is 8.87. The molecule has 2 aromatic rings. The Bertz CT molecular complexity index is 578. The van der Waals surface area contributed by atoms with Crippen LogP contribution in [0.2, 0.25) is 20.1 Å². The molecule has 0 bridgehead atoms. The van der Waals surface area contributed by atoms with Crippen molar-refractivity contribution in [3.63, 3.8) is 0 Å². The van der Waals surface area contributed by atoms with E-state index in [4.69, 9.17) is 46.4 Å². The third-order valence-corrected chi connectivity index (χ3v) is 3.33. The van der Waals surface area contributed by atoms with E-state index in [1.807, 2.05) is 27.7 Å². The minimum Gasteiger partial charge on any atom is -0.871 e. The second-order valence-corrected chi connectivity index (χ2v) is 5.24. The number of phenols is 1. The predicted molar refractivity (Wildman–Crippen MR) is 95.7 cm³/mol. The predicted octanol–water partition coefficient (Wildman–Crippen LogP) is 3.80. The SMILES string of the molecule is CC.CC.[Na+].[O-]c1c(Cl)cc(Cl)cc1-c1cc(Cl)cc(Cl)c1O. The number of hydrogen-bond donors (Lipinski definition) is 1. The first-order valence-corrected chi connectivity index (χ1v) is 8.25. The van der Waals surface area contributed by atoms with Crippen LogP contribution in [0.3, 0.4) is 0 Å². The maximum atomic E-state index is 11.9. The van der Waals surface area contributed by atoms with Crippen molar-refractivity contribution in [2.24, 2.45) is 0 Å². The summed E-state index contributed by atoms with van der Waals surface area (Å²) < 4.78 is 0. The standard InChI is InChI=1S/C12H6Cl4O2.2C2H6.Na/c13-5-1-7(11(17)9(15)3-5)8-2-6(14)4-10(16)12(8)18;2*1-2;/h1-4,17-18H;2*1-2H3;/q;;;+1/p-1. The van der Waals surface area contributed by atoms with Gasteiger partial charge in [-0.15, -0.1) is 0 Å². The fourth-order valence-corrected chi connectivity index (χ4v) is 2.52. The van der Waals surface area contributed by atoms with Crippen molar-refractivity contribution in [3.05, 3.63) is 44.4 Å². The Morgan fingerprint density at radius 2 is 1.13 bits per heavy atom. The van der Waals surface area contributed by atoms with Crippen molar-refractivity contribution >= 4 is 46.4 Å². The fourth-order valence-electron chi connectivity index (χ4n) is 1.53. The van der Waals surface area contributed by atoms with Crippen LogP contribution in [0.15, 0.2) is 24.3 Å². The molecule has 2 rings (SSSR count). The molecule has 0 fully saturated rings. The fraction of sp³-hybridized carbons (Fsp3) is 0.250. The minimum absolute atomic E-state index is 0. The maximum absolute atomic E-state index is 11.9. The van der Waals surface area contributed by atoms with Crippen LogP contribution in [-0.4, -0.2) is 5.11 Å². The summed E-state index contributed by atoms with van der Waals surface area (Å²) in [5.74, 6) is -0.689. The molecule has 0 atom stereocenters. The van der Waals surface area contributed by atoms with Gasteiger partial charge in [0.2, 0.25) is 0 Å². The van der Waals surface area contributed by atoms with Gasteiger partial charge in [-0.05, 0) is 29.8 Å². The van der Waals surface area contributed by atoms with Crippen LogP contribution in [0.4, 0.5) is 0 Å². The number of hydrogen-bond acceptors (Lipinski definition) is 2. The number of phenolic OH excluding ortho intramolecular Hbond substituents is 1. The molecule has 0 unspecified atom stereocenters. The average molecular weight is 406 g/mol. The van der Waals surface area contributed by atoms with Crippen molar-refractivity contribution in [2.75, 3.05) is 0 Å². The van der Waals surface area contributed by atoms with Gasteiger partial charge in [0, 0.05) is 20.6 Å². The molecule has 0 saturated carbocycles. The number of halogens is 4. The zero-order chi connectivity index (χ0) is 17.4. The molecule has 23 heavy (non-hydrogen) atoms. The molecule has 1 N–H and O–H groups in total. The van der Waals surface area contributed by atoms with Gasteiger partial charge in [0.05, 0.1) is 5.02 Å². The van der Waals surface area contributed by atoms with E-state index in [-0.39, 0.29) is 61.5 Å². The van der Waals surface area contributed by atoms with Gasteiger partial charge in [0.1, 0.15) is 5.75 Å². The van der Waals surface area contributed by atoms with Crippen molar-refractivity contribution in [1.82, 2.24) is 0 Å². The van der Waals surface area contributed by atoms with Gasteiger partial charge < -0.3 is 10.2 Å². The van der Waals surface area contributed by atoms with E-state index in [1.165, 1.54) is 24.3 Å². The quantitative estimate of drug-likeness (QED) is 0.733. The Labute approximate surface area is 179 Å². The molecule has 0 radical (unpaired) electrons. The van der Waals surface area contributed by atoms with E-state index in [1.54, 1.807) is 0 Å². The monoisotopic (exact) mass is 404 g/mol. The summed E-state index contributed by atoms with van der Waals surface area (Å²) >= 11 is 23.2. The second-order valence-electron chi connectivity index (χ2n) is 3.55. The Kier molecular flexibility index (Phi) is 13.9. The summed E-state index contributed by atoms with van der Waals surface area (Å²) in [5.41, 5.74) is 0.344. The van der Waals surface area contributed by atoms with E-state index in [0.717, 1.165) is 0 Å². The molecular formula is C16H17Cl4NaO2. The molecule has 0 aliphatic heterocycles. The first-order chi connectivity index (χ1) is 10.4. The van der Waals surface area contributed by atoms with Crippen LogP contribution < -0.4 is 34.7 Å². The zero-order valence-electron chi connectivity index (χ0n) is 13.7. The molecule has 122 valence electrons. The Hall–Kier alpha value is 0.200. The Morgan fingerprint density at radius 1 is 0.739 bits per heavy atom. The van der Waals surface area contributed by atoms with Crippen molar-refractivity contribution in [3.8, 4) is 22.6 Å². The van der Waals surface area contributed by atoms with Gasteiger partial charge in [0.15, 0.2) is 0 Å². The van der Waals surface area contributed by atoms with Gasteiger partial charge >= 0.3 is 29.6 Å². The molecule has 7 heteroatoms. The van der Waals surface area contributed by atoms with E-state index < -0.39 is 5.75 Å². The molecule has 0 spiro atoms. The molecule has 0 aromatic heterocycles. The van der Waals surface area contributed by atoms with Crippen LogP contribution in [0.5, 0.6) is 11.5 Å². The van der Waals surface area contributed by atoms with Crippen LogP contribution in [0.25, 0.3) is 11.1 Å². The van der Waals surface area contributed by atoms with Gasteiger partial charge in [-0.2, -0.15) is 0 Å². The number of benzene rings is 2. The smallest absolute Gasteiger partial charge is 0.871 e. The van der Waals surface area contributed by atoms with Gasteiger partial charge in [-0.3, -0.25) is 0 Å². The first kappa shape index (κ1) is 25.4. The maximum Gasteiger partial charge on any atom is 1.00 e. The van der Waals surface area contributed by atoms with Gasteiger partial charge in [-0.1, -0.05) is 79.8 Å². The third kappa shape index (κ3) is 6.91. The molecule has 0 aliphatic rings. The summed E-state index contributed by atoms with van der Waals surface area (Å²) in [4.78, 5) is 0. The van der Waals surface area contributed by atoms with E-state index in [9.17, 15) is 10.2 Å². The second kappa shape index (κ2) is 12.5. The van der Waals surface area contributed by atoms with Crippen LogP contribution in [0, 0.1) is 0 Å². The third-order valence-electron chi connectivity index (χ3n) is 2.33. The van der Waals surface area contributed by atoms with Gasteiger partial charge in [0.25, 0.3) is 0 Å². The molecule has 0 aliphatic carbocycles. The topological polar surface area (TPSA) is 43.3 Å². The summed E-state index contributed by atoms with van der Waals surface area (Å²) in [6.45, 7) is 8.00. The van der Waals surface area contributed by atoms with Crippen molar-refractivity contribution in [1.29, 1.82) is 0 Å². The van der Waals surface area contributed by atoms with E-state index in [0.29, 0.717) is 5.02 Å². The number of aromatic hydroxyl groups is 1. The molecule has 0 heterocycles. The molecule has 2 aromatic carbocycles.